The fourth-order valence-electron chi connectivity index (χ4n) is 4.00. The molecule has 2 aliphatic carbocycles. The van der Waals surface area contributed by atoms with Crippen molar-refractivity contribution in [1.82, 2.24) is 10.2 Å². The molecule has 0 aromatic rings. The molecule has 112 valence electrons. The van der Waals surface area contributed by atoms with E-state index in [1.54, 1.807) is 0 Å². The van der Waals surface area contributed by atoms with Crippen LogP contribution in [-0.2, 0) is 4.74 Å². The van der Waals surface area contributed by atoms with Gasteiger partial charge < -0.3 is 15.0 Å². The third-order valence-electron chi connectivity index (χ3n) is 5.11. The Morgan fingerprint density at radius 2 is 1.95 bits per heavy atom. The summed E-state index contributed by atoms with van der Waals surface area (Å²) in [4.78, 5) is 2.27. The van der Waals surface area contributed by atoms with Crippen molar-refractivity contribution >= 4 is 0 Å². The third kappa shape index (κ3) is 3.50. The average Bonchev–Trinajstić information content (AvgIpc) is 2.88. The molecular weight excluding hydrogens is 236 g/mol. The smallest absolute Gasteiger partial charge is 0.0661 e. The van der Waals surface area contributed by atoms with Crippen molar-refractivity contribution in [3.8, 4) is 0 Å². The molecule has 1 spiro atoms. The van der Waals surface area contributed by atoms with E-state index < -0.39 is 0 Å². The van der Waals surface area contributed by atoms with Gasteiger partial charge in [0.05, 0.1) is 6.10 Å². The van der Waals surface area contributed by atoms with Crippen molar-refractivity contribution in [2.45, 2.75) is 64.0 Å². The first kappa shape index (κ1) is 15.3. The zero-order valence-corrected chi connectivity index (χ0v) is 13.1. The van der Waals surface area contributed by atoms with E-state index in [-0.39, 0.29) is 0 Å². The summed E-state index contributed by atoms with van der Waals surface area (Å²) in [5.41, 5.74) is 0.498. The van der Waals surface area contributed by atoms with E-state index in [1.807, 2.05) is 0 Å². The summed E-state index contributed by atoms with van der Waals surface area (Å²) >= 11 is 0. The van der Waals surface area contributed by atoms with Crippen LogP contribution in [0.3, 0.4) is 0 Å². The molecule has 2 atom stereocenters. The molecule has 0 saturated heterocycles. The Morgan fingerprint density at radius 3 is 2.58 bits per heavy atom. The quantitative estimate of drug-likeness (QED) is 0.685. The van der Waals surface area contributed by atoms with Gasteiger partial charge in [-0.2, -0.15) is 0 Å². The minimum absolute atomic E-state index is 0.498. The second kappa shape index (κ2) is 7.05. The summed E-state index contributed by atoms with van der Waals surface area (Å²) in [5, 5.41) is 3.82. The molecule has 2 fully saturated rings. The van der Waals surface area contributed by atoms with E-state index in [4.69, 9.17) is 4.74 Å². The summed E-state index contributed by atoms with van der Waals surface area (Å²) < 4.78 is 5.96. The molecule has 0 aromatic heterocycles. The van der Waals surface area contributed by atoms with Gasteiger partial charge in [0.1, 0.15) is 0 Å². The zero-order valence-electron chi connectivity index (χ0n) is 13.1. The monoisotopic (exact) mass is 268 g/mol. The van der Waals surface area contributed by atoms with Crippen LogP contribution in [0.5, 0.6) is 0 Å². The van der Waals surface area contributed by atoms with Crippen LogP contribution in [-0.4, -0.2) is 50.8 Å². The molecule has 0 radical (unpaired) electrons. The average molecular weight is 268 g/mol. The van der Waals surface area contributed by atoms with E-state index in [9.17, 15) is 0 Å². The fourth-order valence-corrected chi connectivity index (χ4v) is 4.00. The molecule has 0 amide bonds. The van der Waals surface area contributed by atoms with Gasteiger partial charge in [0.15, 0.2) is 0 Å². The highest BCUT2D eigenvalue weighted by Crippen LogP contribution is 2.54. The number of hydrogen-bond acceptors (Lipinski definition) is 3. The van der Waals surface area contributed by atoms with Crippen LogP contribution in [0.1, 0.15) is 51.9 Å². The normalized spacial score (nSPS) is 29.1. The van der Waals surface area contributed by atoms with Crippen molar-refractivity contribution in [1.29, 1.82) is 0 Å². The van der Waals surface area contributed by atoms with Crippen LogP contribution in [0.2, 0.25) is 0 Å². The topological polar surface area (TPSA) is 24.5 Å². The first-order chi connectivity index (χ1) is 9.19. The standard InChI is InChI=1S/C16H32N2O/c1-4-19-15-13-14(16(15)9-5-6-10-16)17-11-7-8-12-18(2)3/h14-15,17H,4-13H2,1-3H3. The van der Waals surface area contributed by atoms with Gasteiger partial charge in [-0.15, -0.1) is 0 Å². The van der Waals surface area contributed by atoms with Crippen LogP contribution in [0, 0.1) is 5.41 Å². The Balaban J connectivity index is 1.69. The lowest BCUT2D eigenvalue weighted by Crippen LogP contribution is -2.62. The number of hydrogen-bond donors (Lipinski definition) is 1. The van der Waals surface area contributed by atoms with Gasteiger partial charge in [0, 0.05) is 18.1 Å². The Morgan fingerprint density at radius 1 is 1.21 bits per heavy atom. The molecule has 2 rings (SSSR count). The van der Waals surface area contributed by atoms with E-state index in [1.165, 1.54) is 58.0 Å². The van der Waals surface area contributed by atoms with Crippen molar-refractivity contribution in [2.75, 3.05) is 33.8 Å². The molecule has 2 unspecified atom stereocenters. The summed E-state index contributed by atoms with van der Waals surface area (Å²) in [6, 6.07) is 0.728. The number of nitrogens with one attached hydrogen (secondary N) is 1. The van der Waals surface area contributed by atoms with E-state index in [0.717, 1.165) is 12.6 Å². The summed E-state index contributed by atoms with van der Waals surface area (Å²) in [5.74, 6) is 0. The maximum absolute atomic E-state index is 5.96. The lowest BCUT2D eigenvalue weighted by atomic mass is 9.60. The highest BCUT2D eigenvalue weighted by molar-refractivity contribution is 5.09. The molecule has 2 saturated carbocycles. The largest absolute Gasteiger partial charge is 0.378 e. The van der Waals surface area contributed by atoms with E-state index in [0.29, 0.717) is 11.5 Å². The first-order valence-electron chi connectivity index (χ1n) is 8.19. The molecule has 0 aromatic carbocycles. The number of ether oxygens (including phenoxy) is 1. The first-order valence-corrected chi connectivity index (χ1v) is 8.19. The zero-order chi connectivity index (χ0) is 13.7. The molecule has 2 aliphatic rings. The highest BCUT2D eigenvalue weighted by atomic mass is 16.5. The highest BCUT2D eigenvalue weighted by Gasteiger charge is 2.56. The lowest BCUT2D eigenvalue weighted by Gasteiger charge is -2.54. The fraction of sp³-hybridized carbons (Fsp3) is 1.00. The summed E-state index contributed by atoms with van der Waals surface area (Å²) in [6.45, 7) is 5.39. The van der Waals surface area contributed by atoms with Crippen molar-refractivity contribution in [3.05, 3.63) is 0 Å². The molecular formula is C16H32N2O. The number of rotatable bonds is 8. The molecule has 0 aliphatic heterocycles. The Labute approximate surface area is 119 Å². The molecule has 19 heavy (non-hydrogen) atoms. The summed E-state index contributed by atoms with van der Waals surface area (Å²) in [6.07, 6.45) is 9.95. The number of nitrogens with zero attached hydrogens (tertiary/aromatic N) is 1. The SMILES string of the molecule is CCOC1CC(NCCCCN(C)C)C12CCCC2. The van der Waals surface area contributed by atoms with Crippen molar-refractivity contribution in [2.24, 2.45) is 5.41 Å². The van der Waals surface area contributed by atoms with Crippen LogP contribution in [0.4, 0.5) is 0 Å². The van der Waals surface area contributed by atoms with Crippen molar-refractivity contribution in [3.63, 3.8) is 0 Å². The molecule has 1 N–H and O–H groups in total. The third-order valence-corrected chi connectivity index (χ3v) is 5.11. The predicted octanol–water partition coefficient (Wildman–Crippen LogP) is 2.66. The van der Waals surface area contributed by atoms with Gasteiger partial charge in [-0.1, -0.05) is 12.8 Å². The molecule has 0 heterocycles. The second-order valence-corrected chi connectivity index (χ2v) is 6.64. The number of unbranched alkanes of at least 4 members (excludes halogenated alkanes) is 1. The van der Waals surface area contributed by atoms with Gasteiger partial charge in [-0.3, -0.25) is 0 Å². The van der Waals surface area contributed by atoms with Crippen LogP contribution >= 0.6 is 0 Å². The lowest BCUT2D eigenvalue weighted by molar-refractivity contribution is -0.130. The molecule has 3 heteroatoms. The van der Waals surface area contributed by atoms with Crippen LogP contribution in [0.25, 0.3) is 0 Å². The minimum atomic E-state index is 0.498. The molecule has 0 bridgehead atoms. The van der Waals surface area contributed by atoms with Crippen LogP contribution in [0.15, 0.2) is 0 Å². The van der Waals surface area contributed by atoms with Crippen molar-refractivity contribution < 1.29 is 4.74 Å². The minimum Gasteiger partial charge on any atom is -0.378 e. The van der Waals surface area contributed by atoms with Crippen LogP contribution < -0.4 is 5.32 Å². The van der Waals surface area contributed by atoms with Gasteiger partial charge in [-0.05, 0) is 66.2 Å². The molecule has 3 nitrogen and oxygen atoms in total. The van der Waals surface area contributed by atoms with E-state index in [2.05, 4.69) is 31.2 Å². The Bertz CT molecular complexity index is 261. The Hall–Kier alpha value is -0.120. The maximum atomic E-state index is 5.96. The van der Waals surface area contributed by atoms with E-state index >= 15 is 0 Å². The van der Waals surface area contributed by atoms with Gasteiger partial charge in [0.25, 0.3) is 0 Å². The van der Waals surface area contributed by atoms with Gasteiger partial charge in [0.2, 0.25) is 0 Å². The van der Waals surface area contributed by atoms with Gasteiger partial charge in [-0.25, -0.2) is 0 Å². The maximum Gasteiger partial charge on any atom is 0.0661 e. The van der Waals surface area contributed by atoms with Gasteiger partial charge >= 0.3 is 0 Å². The predicted molar refractivity (Wildman–Crippen MR) is 80.5 cm³/mol. The second-order valence-electron chi connectivity index (χ2n) is 6.64. The Kier molecular flexibility index (Phi) is 5.67. The summed E-state index contributed by atoms with van der Waals surface area (Å²) in [7, 11) is 4.30.